The van der Waals surface area contributed by atoms with Crippen molar-refractivity contribution in [3.05, 3.63) is 63.4 Å². The molecule has 0 saturated heterocycles. The predicted molar refractivity (Wildman–Crippen MR) is 79.2 cm³/mol. The smallest absolute Gasteiger partial charge is 0.0519 e. The van der Waals surface area contributed by atoms with E-state index in [4.69, 9.17) is 29.0 Å². The average molecular weight is 296 g/mol. The van der Waals surface area contributed by atoms with Gasteiger partial charge >= 0.3 is 0 Å². The Bertz CT molecular complexity index is 552. The maximum absolute atomic E-state index is 6.19. The zero-order chi connectivity index (χ0) is 13.8. The minimum Gasteiger partial charge on any atom is -0.271 e. The van der Waals surface area contributed by atoms with E-state index in [-0.39, 0.29) is 6.04 Å². The highest BCUT2D eigenvalue weighted by molar-refractivity contribution is 6.36. The molecule has 1 heterocycles. The molecule has 0 amide bonds. The van der Waals surface area contributed by atoms with Crippen LogP contribution < -0.4 is 11.3 Å². The van der Waals surface area contributed by atoms with E-state index in [0.29, 0.717) is 16.5 Å². The fourth-order valence-corrected chi connectivity index (χ4v) is 2.61. The summed E-state index contributed by atoms with van der Waals surface area (Å²) < 4.78 is 0. The van der Waals surface area contributed by atoms with Gasteiger partial charge in [-0.05, 0) is 42.7 Å². The van der Waals surface area contributed by atoms with Crippen LogP contribution in [0.1, 0.15) is 22.9 Å². The van der Waals surface area contributed by atoms with Crippen molar-refractivity contribution in [1.29, 1.82) is 0 Å². The van der Waals surface area contributed by atoms with E-state index >= 15 is 0 Å². The van der Waals surface area contributed by atoms with Gasteiger partial charge in [-0.1, -0.05) is 35.3 Å². The number of hydrogen-bond donors (Lipinski definition) is 2. The monoisotopic (exact) mass is 295 g/mol. The number of hydrogen-bond acceptors (Lipinski definition) is 3. The van der Waals surface area contributed by atoms with Gasteiger partial charge in [0.15, 0.2) is 0 Å². The minimum atomic E-state index is -0.0777. The summed E-state index contributed by atoms with van der Waals surface area (Å²) in [4.78, 5) is 4.27. The number of nitrogens with two attached hydrogens (primary N) is 1. The zero-order valence-electron chi connectivity index (χ0n) is 10.5. The lowest BCUT2D eigenvalue weighted by molar-refractivity contribution is 0.547. The summed E-state index contributed by atoms with van der Waals surface area (Å²) in [6.07, 6.45) is 2.37. The SMILES string of the molecule is Cc1ncccc1C(Cc1c(Cl)cccc1Cl)NN. The molecule has 0 aliphatic rings. The standard InChI is InChI=1S/C14H15Cl2N3/c1-9-10(4-3-7-18-9)14(19-17)8-11-12(15)5-2-6-13(11)16/h2-7,14,19H,8,17H2,1H3. The molecule has 3 nitrogen and oxygen atoms in total. The second-order valence-corrected chi connectivity index (χ2v) is 5.12. The Balaban J connectivity index is 2.32. The lowest BCUT2D eigenvalue weighted by Crippen LogP contribution is -2.30. The minimum absolute atomic E-state index is 0.0777. The molecule has 1 atom stereocenters. The number of nitrogens with zero attached hydrogens (tertiary/aromatic N) is 1. The molecule has 5 heteroatoms. The molecule has 0 aliphatic heterocycles. The van der Waals surface area contributed by atoms with E-state index in [1.165, 1.54) is 0 Å². The first-order chi connectivity index (χ1) is 9.13. The lowest BCUT2D eigenvalue weighted by atomic mass is 9.98. The molecule has 0 bridgehead atoms. The van der Waals surface area contributed by atoms with E-state index in [9.17, 15) is 0 Å². The first-order valence-corrected chi connectivity index (χ1v) is 6.69. The number of hydrazine groups is 1. The summed E-state index contributed by atoms with van der Waals surface area (Å²) in [6, 6.07) is 9.29. The van der Waals surface area contributed by atoms with Gasteiger partial charge in [0.25, 0.3) is 0 Å². The van der Waals surface area contributed by atoms with Crippen LogP contribution in [0.2, 0.25) is 10.0 Å². The van der Waals surface area contributed by atoms with Crippen molar-refractivity contribution in [2.24, 2.45) is 5.84 Å². The van der Waals surface area contributed by atoms with Crippen molar-refractivity contribution < 1.29 is 0 Å². The molecule has 100 valence electrons. The van der Waals surface area contributed by atoms with Gasteiger partial charge in [-0.3, -0.25) is 16.3 Å². The van der Waals surface area contributed by atoms with Crippen molar-refractivity contribution in [1.82, 2.24) is 10.4 Å². The fourth-order valence-electron chi connectivity index (χ4n) is 2.06. The van der Waals surface area contributed by atoms with Gasteiger partial charge in [-0.25, -0.2) is 0 Å². The third-order valence-corrected chi connectivity index (χ3v) is 3.80. The summed E-state index contributed by atoms with van der Waals surface area (Å²) in [5.41, 5.74) is 5.67. The number of aryl methyl sites for hydroxylation is 1. The molecule has 0 saturated carbocycles. The number of nitrogens with one attached hydrogen (secondary N) is 1. The maximum Gasteiger partial charge on any atom is 0.0519 e. The second kappa shape index (κ2) is 6.35. The molecule has 19 heavy (non-hydrogen) atoms. The molecular weight excluding hydrogens is 281 g/mol. The van der Waals surface area contributed by atoms with E-state index in [2.05, 4.69) is 10.4 Å². The van der Waals surface area contributed by atoms with Gasteiger partial charge in [0, 0.05) is 21.9 Å². The Morgan fingerprint density at radius 1 is 1.21 bits per heavy atom. The first-order valence-electron chi connectivity index (χ1n) is 5.94. The van der Waals surface area contributed by atoms with Gasteiger partial charge in [0.2, 0.25) is 0 Å². The molecule has 3 N–H and O–H groups in total. The summed E-state index contributed by atoms with van der Waals surface area (Å²) in [6.45, 7) is 1.95. The number of halogens is 2. The molecule has 1 unspecified atom stereocenters. The number of aromatic nitrogens is 1. The molecule has 2 rings (SSSR count). The zero-order valence-corrected chi connectivity index (χ0v) is 12.0. The molecule has 0 spiro atoms. The van der Waals surface area contributed by atoms with Crippen LogP contribution in [-0.2, 0) is 6.42 Å². The maximum atomic E-state index is 6.19. The van der Waals surface area contributed by atoms with E-state index < -0.39 is 0 Å². The fraction of sp³-hybridized carbons (Fsp3) is 0.214. The molecular formula is C14H15Cl2N3. The Labute approximate surface area is 122 Å². The van der Waals surface area contributed by atoms with E-state index in [0.717, 1.165) is 16.8 Å². The van der Waals surface area contributed by atoms with Crippen LogP contribution in [0.4, 0.5) is 0 Å². The third-order valence-electron chi connectivity index (χ3n) is 3.09. The van der Waals surface area contributed by atoms with E-state index in [1.54, 1.807) is 6.20 Å². The molecule has 1 aromatic carbocycles. The topological polar surface area (TPSA) is 50.9 Å². The molecule has 2 aromatic rings. The van der Waals surface area contributed by atoms with Crippen molar-refractivity contribution in [2.45, 2.75) is 19.4 Å². The third kappa shape index (κ3) is 3.25. The Kier molecular flexibility index (Phi) is 4.77. The van der Waals surface area contributed by atoms with Crippen LogP contribution in [-0.4, -0.2) is 4.98 Å². The predicted octanol–water partition coefficient (Wildman–Crippen LogP) is 3.44. The highest BCUT2D eigenvalue weighted by Gasteiger charge is 2.16. The van der Waals surface area contributed by atoms with Gasteiger partial charge in [0.1, 0.15) is 0 Å². The summed E-state index contributed by atoms with van der Waals surface area (Å²) in [5.74, 6) is 5.66. The van der Waals surface area contributed by atoms with Crippen LogP contribution in [0.5, 0.6) is 0 Å². The van der Waals surface area contributed by atoms with Crippen molar-refractivity contribution in [3.8, 4) is 0 Å². The largest absolute Gasteiger partial charge is 0.271 e. The van der Waals surface area contributed by atoms with Crippen LogP contribution >= 0.6 is 23.2 Å². The highest BCUT2D eigenvalue weighted by Crippen LogP contribution is 2.29. The summed E-state index contributed by atoms with van der Waals surface area (Å²) in [5, 5.41) is 1.29. The van der Waals surface area contributed by atoms with Crippen LogP contribution in [0.3, 0.4) is 0 Å². The van der Waals surface area contributed by atoms with Crippen molar-refractivity contribution in [2.75, 3.05) is 0 Å². The van der Waals surface area contributed by atoms with Crippen LogP contribution in [0, 0.1) is 6.92 Å². The molecule has 0 fully saturated rings. The Morgan fingerprint density at radius 3 is 2.47 bits per heavy atom. The summed E-state index contributed by atoms with van der Waals surface area (Å²) in [7, 11) is 0. The van der Waals surface area contributed by atoms with Crippen LogP contribution in [0.25, 0.3) is 0 Å². The van der Waals surface area contributed by atoms with E-state index in [1.807, 2.05) is 37.3 Å². The summed E-state index contributed by atoms with van der Waals surface area (Å²) >= 11 is 12.4. The molecule has 0 aliphatic carbocycles. The Hall–Kier alpha value is -1.13. The number of pyridine rings is 1. The van der Waals surface area contributed by atoms with Crippen molar-refractivity contribution in [3.63, 3.8) is 0 Å². The van der Waals surface area contributed by atoms with Gasteiger partial charge < -0.3 is 0 Å². The first kappa shape index (κ1) is 14.3. The van der Waals surface area contributed by atoms with Gasteiger partial charge in [-0.2, -0.15) is 0 Å². The normalized spacial score (nSPS) is 12.4. The molecule has 0 radical (unpaired) electrons. The molecule has 1 aromatic heterocycles. The van der Waals surface area contributed by atoms with Crippen LogP contribution in [0.15, 0.2) is 36.5 Å². The highest BCUT2D eigenvalue weighted by atomic mass is 35.5. The average Bonchev–Trinajstić information content (AvgIpc) is 2.40. The lowest BCUT2D eigenvalue weighted by Gasteiger charge is -2.19. The van der Waals surface area contributed by atoms with Gasteiger partial charge in [0.05, 0.1) is 6.04 Å². The van der Waals surface area contributed by atoms with Gasteiger partial charge in [-0.15, -0.1) is 0 Å². The number of benzene rings is 1. The quantitative estimate of drug-likeness (QED) is 0.671. The second-order valence-electron chi connectivity index (χ2n) is 4.30. The number of rotatable bonds is 4. The Morgan fingerprint density at radius 2 is 1.89 bits per heavy atom. The van der Waals surface area contributed by atoms with Crippen molar-refractivity contribution >= 4 is 23.2 Å².